The largest absolute Gasteiger partial charge is 0.358 e. The predicted octanol–water partition coefficient (Wildman–Crippen LogP) is 3.99. The van der Waals surface area contributed by atoms with E-state index in [9.17, 15) is 8.42 Å². The minimum Gasteiger partial charge on any atom is -0.358 e. The molecule has 0 saturated heterocycles. The van der Waals surface area contributed by atoms with Crippen LogP contribution < -0.4 is 4.83 Å². The Labute approximate surface area is 154 Å². The lowest BCUT2D eigenvalue weighted by Crippen LogP contribution is -2.18. The van der Waals surface area contributed by atoms with E-state index in [1.165, 1.54) is 0 Å². The van der Waals surface area contributed by atoms with E-state index in [2.05, 4.69) is 28.8 Å². The molecule has 0 radical (unpaired) electrons. The molecule has 0 aliphatic rings. The molecule has 1 heterocycles. The van der Waals surface area contributed by atoms with Crippen LogP contribution >= 0.6 is 0 Å². The molecule has 3 aromatic rings. The zero-order valence-corrected chi connectivity index (χ0v) is 16.0. The third-order valence-electron chi connectivity index (χ3n) is 4.19. The maximum Gasteiger partial charge on any atom is 0.276 e. The van der Waals surface area contributed by atoms with E-state index in [1.807, 2.05) is 43.3 Å². The van der Waals surface area contributed by atoms with Gasteiger partial charge >= 0.3 is 0 Å². The van der Waals surface area contributed by atoms with Crippen molar-refractivity contribution < 1.29 is 8.42 Å². The highest BCUT2D eigenvalue weighted by molar-refractivity contribution is 7.89. The van der Waals surface area contributed by atoms with Crippen molar-refractivity contribution in [1.29, 1.82) is 0 Å². The Balaban J connectivity index is 1.77. The minimum atomic E-state index is -3.68. The molecule has 0 atom stereocenters. The van der Waals surface area contributed by atoms with Crippen LogP contribution in [-0.4, -0.2) is 19.6 Å². The Morgan fingerprint density at radius 3 is 2.50 bits per heavy atom. The summed E-state index contributed by atoms with van der Waals surface area (Å²) in [4.78, 5) is 5.76. The van der Waals surface area contributed by atoms with Gasteiger partial charge in [-0.05, 0) is 43.0 Å². The van der Waals surface area contributed by atoms with E-state index in [4.69, 9.17) is 0 Å². The molecule has 1 aromatic heterocycles. The molecule has 5 nitrogen and oxygen atoms in total. The van der Waals surface area contributed by atoms with Crippen LogP contribution in [0.2, 0.25) is 0 Å². The normalized spacial score (nSPS) is 12.3. The number of aryl methyl sites for hydroxylation is 1. The molecule has 2 N–H and O–H groups in total. The van der Waals surface area contributed by atoms with Gasteiger partial charge in [-0.3, -0.25) is 0 Å². The lowest BCUT2D eigenvalue weighted by molar-refractivity contribution is 0.584. The van der Waals surface area contributed by atoms with Crippen molar-refractivity contribution in [2.24, 2.45) is 11.0 Å². The van der Waals surface area contributed by atoms with Crippen molar-refractivity contribution in [3.8, 4) is 0 Å². The quantitative estimate of drug-likeness (QED) is 0.509. The number of aromatic amines is 1. The summed E-state index contributed by atoms with van der Waals surface area (Å²) in [5.74, 6) is 0.527. The third-order valence-corrected chi connectivity index (χ3v) is 5.43. The number of benzene rings is 2. The summed E-state index contributed by atoms with van der Waals surface area (Å²) in [7, 11) is -3.68. The Morgan fingerprint density at radius 2 is 1.81 bits per heavy atom. The Bertz CT molecular complexity index is 1030. The maximum absolute atomic E-state index is 12.4. The summed E-state index contributed by atoms with van der Waals surface area (Å²) in [6.45, 7) is 6.20. The van der Waals surface area contributed by atoms with Crippen molar-refractivity contribution >= 4 is 27.1 Å². The van der Waals surface area contributed by atoms with Gasteiger partial charge in [-0.2, -0.15) is 13.5 Å². The number of fused-ring (bicyclic) bond motifs is 1. The number of H-pyrrole nitrogens is 1. The van der Waals surface area contributed by atoms with Crippen LogP contribution in [0.5, 0.6) is 0 Å². The number of sulfonamides is 1. The standard InChI is InChI=1S/C20H23N3O2S/c1-14(2)12-16-8-10-17(11-9-16)26(24,25)23-21-13-19-15(3)22-20-7-5-4-6-18(19)20/h4-11,13-14,22-23H,12H2,1-3H3. The number of rotatable bonds is 6. The first-order chi connectivity index (χ1) is 12.4. The monoisotopic (exact) mass is 369 g/mol. The van der Waals surface area contributed by atoms with E-state index in [0.29, 0.717) is 5.92 Å². The van der Waals surface area contributed by atoms with Crippen LogP contribution in [0.1, 0.15) is 30.7 Å². The molecule has 0 spiro atoms. The van der Waals surface area contributed by atoms with Crippen LogP contribution in [0, 0.1) is 12.8 Å². The molecular formula is C20H23N3O2S. The number of nitrogens with zero attached hydrogens (tertiary/aromatic N) is 1. The van der Waals surface area contributed by atoms with Crippen molar-refractivity contribution in [2.45, 2.75) is 32.1 Å². The van der Waals surface area contributed by atoms with Crippen molar-refractivity contribution in [1.82, 2.24) is 9.82 Å². The SMILES string of the molecule is Cc1[nH]c2ccccc2c1C=NNS(=O)(=O)c1ccc(CC(C)C)cc1. The van der Waals surface area contributed by atoms with Crippen molar-refractivity contribution in [3.63, 3.8) is 0 Å². The maximum atomic E-state index is 12.4. The fourth-order valence-electron chi connectivity index (χ4n) is 2.95. The van der Waals surface area contributed by atoms with Crippen LogP contribution in [0.25, 0.3) is 10.9 Å². The van der Waals surface area contributed by atoms with E-state index in [-0.39, 0.29) is 4.90 Å². The van der Waals surface area contributed by atoms with Gasteiger partial charge in [0, 0.05) is 22.2 Å². The number of hydrogen-bond donors (Lipinski definition) is 2. The summed E-state index contributed by atoms with van der Waals surface area (Å²) in [5, 5.41) is 4.97. The first kappa shape index (κ1) is 18.2. The van der Waals surface area contributed by atoms with Gasteiger partial charge in [-0.1, -0.05) is 44.2 Å². The molecule has 0 fully saturated rings. The lowest BCUT2D eigenvalue weighted by atomic mass is 10.0. The van der Waals surface area contributed by atoms with E-state index in [1.54, 1.807) is 18.3 Å². The number of aromatic nitrogens is 1. The summed E-state index contributed by atoms with van der Waals surface area (Å²) < 4.78 is 24.8. The zero-order chi connectivity index (χ0) is 18.7. The summed E-state index contributed by atoms with van der Waals surface area (Å²) in [6.07, 6.45) is 2.46. The molecule has 26 heavy (non-hydrogen) atoms. The van der Waals surface area contributed by atoms with Gasteiger partial charge in [0.2, 0.25) is 0 Å². The molecule has 0 unspecified atom stereocenters. The summed E-state index contributed by atoms with van der Waals surface area (Å²) in [5.41, 5.74) is 3.93. The topological polar surface area (TPSA) is 74.3 Å². The van der Waals surface area contributed by atoms with Gasteiger partial charge < -0.3 is 4.98 Å². The van der Waals surface area contributed by atoms with Crippen molar-refractivity contribution in [3.05, 3.63) is 65.4 Å². The second kappa shape index (κ2) is 7.33. The Hall–Kier alpha value is -2.60. The predicted molar refractivity (Wildman–Crippen MR) is 106 cm³/mol. The van der Waals surface area contributed by atoms with Gasteiger partial charge in [0.05, 0.1) is 11.1 Å². The fourth-order valence-corrected chi connectivity index (χ4v) is 3.75. The van der Waals surface area contributed by atoms with Gasteiger partial charge in [-0.15, -0.1) is 0 Å². The molecule has 0 amide bonds. The lowest BCUT2D eigenvalue weighted by Gasteiger charge is -2.07. The van der Waals surface area contributed by atoms with Gasteiger partial charge in [0.1, 0.15) is 0 Å². The summed E-state index contributed by atoms with van der Waals surface area (Å²) >= 11 is 0. The number of hydrazone groups is 1. The number of para-hydroxylation sites is 1. The minimum absolute atomic E-state index is 0.206. The fraction of sp³-hybridized carbons (Fsp3) is 0.250. The van der Waals surface area contributed by atoms with Gasteiger partial charge in [0.15, 0.2) is 0 Å². The highest BCUT2D eigenvalue weighted by Crippen LogP contribution is 2.20. The number of hydrogen-bond acceptors (Lipinski definition) is 3. The molecular weight excluding hydrogens is 346 g/mol. The van der Waals surface area contributed by atoms with Crippen LogP contribution in [0.15, 0.2) is 58.5 Å². The highest BCUT2D eigenvalue weighted by atomic mass is 32.2. The van der Waals surface area contributed by atoms with Gasteiger partial charge in [-0.25, -0.2) is 4.83 Å². The summed E-state index contributed by atoms with van der Waals surface area (Å²) in [6, 6.07) is 14.8. The number of nitrogens with one attached hydrogen (secondary N) is 2. The average Bonchev–Trinajstić information content (AvgIpc) is 2.90. The van der Waals surface area contributed by atoms with Crippen molar-refractivity contribution in [2.75, 3.05) is 0 Å². The molecule has 0 bridgehead atoms. The smallest absolute Gasteiger partial charge is 0.276 e. The Kier molecular flexibility index (Phi) is 5.13. The molecule has 0 aliphatic heterocycles. The molecule has 3 rings (SSSR count). The van der Waals surface area contributed by atoms with E-state index in [0.717, 1.165) is 34.1 Å². The molecule has 0 saturated carbocycles. The molecule has 2 aromatic carbocycles. The van der Waals surface area contributed by atoms with Crippen LogP contribution in [-0.2, 0) is 16.4 Å². The Morgan fingerprint density at radius 1 is 1.12 bits per heavy atom. The third kappa shape index (κ3) is 3.96. The van der Waals surface area contributed by atoms with Gasteiger partial charge in [0.25, 0.3) is 10.0 Å². The highest BCUT2D eigenvalue weighted by Gasteiger charge is 2.13. The molecule has 136 valence electrons. The molecule has 6 heteroatoms. The second-order valence-electron chi connectivity index (χ2n) is 6.80. The van der Waals surface area contributed by atoms with Crippen LogP contribution in [0.3, 0.4) is 0 Å². The average molecular weight is 369 g/mol. The van der Waals surface area contributed by atoms with E-state index >= 15 is 0 Å². The first-order valence-electron chi connectivity index (χ1n) is 8.58. The first-order valence-corrected chi connectivity index (χ1v) is 10.1. The van der Waals surface area contributed by atoms with E-state index < -0.39 is 10.0 Å². The van der Waals surface area contributed by atoms with Crippen LogP contribution in [0.4, 0.5) is 0 Å². The second-order valence-corrected chi connectivity index (χ2v) is 8.46. The zero-order valence-electron chi connectivity index (χ0n) is 15.2. The molecule has 0 aliphatic carbocycles.